The van der Waals surface area contributed by atoms with Crippen LogP contribution in [0.5, 0.6) is 11.8 Å². The van der Waals surface area contributed by atoms with E-state index in [1.165, 1.54) is 6.08 Å². The van der Waals surface area contributed by atoms with Crippen molar-refractivity contribution in [2.24, 2.45) is 0 Å². The number of benzene rings is 2. The molecule has 2 aliphatic rings. The van der Waals surface area contributed by atoms with Gasteiger partial charge in [0.05, 0.1) is 11.1 Å². The van der Waals surface area contributed by atoms with Crippen molar-refractivity contribution in [3.63, 3.8) is 0 Å². The van der Waals surface area contributed by atoms with Crippen LogP contribution >= 0.6 is 0 Å². The maximum Gasteiger partial charge on any atom is 0.320 e. The standard InChI is InChI=1S/C32H36N6O3/c1-5-29(40)37-17-21(3)38(18-20(37)2)31-26-12-13-28(27-16-24(39)15-22-9-6-7-11-25(22)27)33-30(26)34-32(35-31)41-19-23-10-8-14-36(23)4/h5-7,9,11-13,15-16,20-21,23,39H,1,8,10,14,17-19H2,2-4H3/t20-,21+,23+/m1/s1. The van der Waals surface area contributed by atoms with E-state index in [1.807, 2.05) is 48.2 Å². The number of likely N-dealkylation sites (N-methyl/N-ethyl adjacent to an activating group) is 1. The van der Waals surface area contributed by atoms with Crippen LogP contribution in [0.15, 0.2) is 61.2 Å². The van der Waals surface area contributed by atoms with Crippen molar-refractivity contribution in [3.8, 4) is 23.0 Å². The first-order chi connectivity index (χ1) is 19.8. The molecular weight excluding hydrogens is 516 g/mol. The van der Waals surface area contributed by atoms with Gasteiger partial charge < -0.3 is 24.5 Å². The minimum absolute atomic E-state index is 0.0108. The summed E-state index contributed by atoms with van der Waals surface area (Å²) >= 11 is 0. The third-order valence-electron chi connectivity index (χ3n) is 8.43. The van der Waals surface area contributed by atoms with E-state index in [0.717, 1.165) is 46.9 Å². The number of phenolic OH excluding ortho intramolecular Hbond substituents is 1. The van der Waals surface area contributed by atoms with Crippen molar-refractivity contribution < 1.29 is 14.6 Å². The first-order valence-corrected chi connectivity index (χ1v) is 14.3. The summed E-state index contributed by atoms with van der Waals surface area (Å²) in [5.41, 5.74) is 2.06. The van der Waals surface area contributed by atoms with Crippen molar-refractivity contribution >= 4 is 33.5 Å². The van der Waals surface area contributed by atoms with E-state index < -0.39 is 0 Å². The zero-order valence-corrected chi connectivity index (χ0v) is 23.8. The predicted octanol–water partition coefficient (Wildman–Crippen LogP) is 4.64. The Morgan fingerprint density at radius 2 is 1.90 bits per heavy atom. The number of anilines is 1. The molecule has 0 saturated carbocycles. The molecule has 41 heavy (non-hydrogen) atoms. The largest absolute Gasteiger partial charge is 0.508 e. The highest BCUT2D eigenvalue weighted by atomic mass is 16.5. The van der Waals surface area contributed by atoms with Crippen molar-refractivity contribution in [3.05, 3.63) is 61.2 Å². The van der Waals surface area contributed by atoms with Gasteiger partial charge in [0.2, 0.25) is 5.91 Å². The van der Waals surface area contributed by atoms with E-state index >= 15 is 0 Å². The maximum absolute atomic E-state index is 12.5. The van der Waals surface area contributed by atoms with Gasteiger partial charge in [-0.25, -0.2) is 4.98 Å². The lowest BCUT2D eigenvalue weighted by Crippen LogP contribution is -2.58. The minimum Gasteiger partial charge on any atom is -0.508 e. The summed E-state index contributed by atoms with van der Waals surface area (Å²) < 4.78 is 6.23. The Bertz CT molecular complexity index is 1620. The predicted molar refractivity (Wildman–Crippen MR) is 161 cm³/mol. The number of hydrogen-bond acceptors (Lipinski definition) is 8. The van der Waals surface area contributed by atoms with Gasteiger partial charge in [-0.15, -0.1) is 0 Å². The summed E-state index contributed by atoms with van der Waals surface area (Å²) in [4.78, 5) is 33.5. The summed E-state index contributed by atoms with van der Waals surface area (Å²) in [6.07, 6.45) is 3.61. The number of ether oxygens (including phenoxy) is 1. The molecule has 0 unspecified atom stereocenters. The lowest BCUT2D eigenvalue weighted by Gasteiger charge is -2.44. The van der Waals surface area contributed by atoms with Crippen LogP contribution in [0, 0.1) is 0 Å². The minimum atomic E-state index is -0.0640. The van der Waals surface area contributed by atoms with Crippen LogP contribution in [0.2, 0.25) is 0 Å². The molecule has 2 saturated heterocycles. The average molecular weight is 553 g/mol. The van der Waals surface area contributed by atoms with Gasteiger partial charge in [0.1, 0.15) is 18.2 Å². The second kappa shape index (κ2) is 11.0. The van der Waals surface area contributed by atoms with Crippen LogP contribution < -0.4 is 9.64 Å². The number of phenols is 1. The van der Waals surface area contributed by atoms with E-state index in [9.17, 15) is 9.90 Å². The quantitative estimate of drug-likeness (QED) is 0.346. The molecule has 0 bridgehead atoms. The molecule has 2 aromatic heterocycles. The molecule has 0 spiro atoms. The zero-order chi connectivity index (χ0) is 28.7. The van der Waals surface area contributed by atoms with Gasteiger partial charge in [-0.2, -0.15) is 9.97 Å². The van der Waals surface area contributed by atoms with Gasteiger partial charge >= 0.3 is 6.01 Å². The Morgan fingerprint density at radius 1 is 1.07 bits per heavy atom. The molecule has 1 N–H and O–H groups in total. The lowest BCUT2D eigenvalue weighted by atomic mass is 10.0. The fourth-order valence-corrected chi connectivity index (χ4v) is 6.12. The van der Waals surface area contributed by atoms with Crippen LogP contribution in [-0.4, -0.2) is 87.2 Å². The number of carbonyl (C=O) groups is 1. The maximum atomic E-state index is 12.5. The molecule has 1 amide bonds. The molecular formula is C32H36N6O3. The van der Waals surface area contributed by atoms with Crippen molar-refractivity contribution in [1.82, 2.24) is 24.8 Å². The summed E-state index contributed by atoms with van der Waals surface area (Å²) in [6.45, 7) is 10.5. The van der Waals surface area contributed by atoms with Gasteiger partial charge in [0.15, 0.2) is 5.65 Å². The smallest absolute Gasteiger partial charge is 0.320 e. The molecule has 2 aliphatic heterocycles. The third-order valence-corrected chi connectivity index (χ3v) is 8.43. The average Bonchev–Trinajstić information content (AvgIpc) is 3.39. The molecule has 0 radical (unpaired) electrons. The topological polar surface area (TPSA) is 94.9 Å². The lowest BCUT2D eigenvalue weighted by molar-refractivity contribution is -0.128. The zero-order valence-electron chi connectivity index (χ0n) is 23.8. The normalized spacial score (nSPS) is 21.5. The van der Waals surface area contributed by atoms with Gasteiger partial charge in [-0.3, -0.25) is 4.79 Å². The number of fused-ring (bicyclic) bond motifs is 2. The summed E-state index contributed by atoms with van der Waals surface area (Å²) in [5, 5.41) is 13.2. The number of rotatable bonds is 6. The Hall–Kier alpha value is -4.24. The molecule has 9 nitrogen and oxygen atoms in total. The number of pyridine rings is 1. The molecule has 4 aromatic rings. The van der Waals surface area contributed by atoms with Gasteiger partial charge in [0.25, 0.3) is 0 Å². The van der Waals surface area contributed by atoms with E-state index in [4.69, 9.17) is 19.7 Å². The molecule has 2 fully saturated rings. The summed E-state index contributed by atoms with van der Waals surface area (Å²) in [6, 6.07) is 16.0. The molecule has 212 valence electrons. The molecule has 3 atom stereocenters. The van der Waals surface area contributed by atoms with Crippen LogP contribution in [0.25, 0.3) is 33.1 Å². The SMILES string of the molecule is C=CC(=O)N1C[C@H](C)N(c2nc(OC[C@@H]3CCCN3C)nc3nc(-c4cc(O)cc5ccccc45)ccc23)C[C@H]1C. The fourth-order valence-electron chi connectivity index (χ4n) is 6.12. The van der Waals surface area contributed by atoms with Gasteiger partial charge in [-0.1, -0.05) is 30.8 Å². The highest BCUT2D eigenvalue weighted by Crippen LogP contribution is 2.35. The Kier molecular flexibility index (Phi) is 7.21. The number of nitrogens with zero attached hydrogens (tertiary/aromatic N) is 6. The van der Waals surface area contributed by atoms with Gasteiger partial charge in [-0.05, 0) is 81.4 Å². The number of carbonyl (C=O) groups excluding carboxylic acids is 1. The van der Waals surface area contributed by atoms with Crippen molar-refractivity contribution in [1.29, 1.82) is 0 Å². The second-order valence-electron chi connectivity index (χ2n) is 11.2. The second-order valence-corrected chi connectivity index (χ2v) is 11.2. The van der Waals surface area contributed by atoms with Crippen LogP contribution in [0.1, 0.15) is 26.7 Å². The Morgan fingerprint density at radius 3 is 2.68 bits per heavy atom. The van der Waals surface area contributed by atoms with Gasteiger partial charge in [0, 0.05) is 36.8 Å². The summed E-state index contributed by atoms with van der Waals surface area (Å²) in [5.74, 6) is 0.865. The molecule has 9 heteroatoms. The van der Waals surface area contributed by atoms with Crippen LogP contribution in [0.4, 0.5) is 5.82 Å². The van der Waals surface area contributed by atoms with Crippen molar-refractivity contribution in [2.75, 3.05) is 38.2 Å². The summed E-state index contributed by atoms with van der Waals surface area (Å²) in [7, 11) is 2.12. The number of aromatic hydroxyl groups is 1. The third kappa shape index (κ3) is 5.17. The van der Waals surface area contributed by atoms with E-state index in [-0.39, 0.29) is 23.7 Å². The van der Waals surface area contributed by atoms with E-state index in [0.29, 0.717) is 43.1 Å². The molecule has 4 heterocycles. The first-order valence-electron chi connectivity index (χ1n) is 14.3. The molecule has 0 aliphatic carbocycles. The highest BCUT2D eigenvalue weighted by molar-refractivity contribution is 5.98. The monoisotopic (exact) mass is 552 g/mol. The number of amides is 1. The number of piperazine rings is 1. The number of aromatic nitrogens is 3. The van der Waals surface area contributed by atoms with Crippen LogP contribution in [0.3, 0.4) is 0 Å². The Balaban J connectivity index is 1.43. The van der Waals surface area contributed by atoms with Crippen LogP contribution in [-0.2, 0) is 4.79 Å². The highest BCUT2D eigenvalue weighted by Gasteiger charge is 2.33. The first kappa shape index (κ1) is 27.0. The van der Waals surface area contributed by atoms with E-state index in [2.05, 4.69) is 30.4 Å². The molecule has 2 aromatic carbocycles. The number of likely N-dealkylation sites (tertiary alicyclic amines) is 1. The Labute approximate surface area is 240 Å². The number of hydrogen-bond donors (Lipinski definition) is 1. The molecule has 6 rings (SSSR count). The van der Waals surface area contributed by atoms with Crippen molar-refractivity contribution in [2.45, 2.75) is 44.8 Å². The fraction of sp³-hybridized carbons (Fsp3) is 0.375. The van der Waals surface area contributed by atoms with E-state index in [1.54, 1.807) is 12.1 Å².